The Morgan fingerprint density at radius 3 is 2.68 bits per heavy atom. The smallest absolute Gasteiger partial charge is 0.317 e. The Hall–Kier alpha value is -1.56. The summed E-state index contributed by atoms with van der Waals surface area (Å²) in [6, 6.07) is 10.0. The van der Waals surface area contributed by atoms with Crippen LogP contribution in [0.25, 0.3) is 0 Å². The van der Waals surface area contributed by atoms with E-state index in [1.54, 1.807) is 0 Å². The minimum atomic E-state index is -2.96. The summed E-state index contributed by atoms with van der Waals surface area (Å²) in [5.41, 5.74) is 1.23. The molecule has 2 saturated heterocycles. The van der Waals surface area contributed by atoms with Crippen molar-refractivity contribution < 1.29 is 13.2 Å². The maximum absolute atomic E-state index is 12.4. The molecule has 2 aliphatic rings. The molecule has 2 aliphatic heterocycles. The van der Waals surface area contributed by atoms with E-state index < -0.39 is 9.84 Å². The molecule has 0 saturated carbocycles. The highest BCUT2D eigenvalue weighted by Gasteiger charge is 2.33. The largest absolute Gasteiger partial charge is 0.334 e. The third-order valence-corrected chi connectivity index (χ3v) is 6.28. The Kier molecular flexibility index (Phi) is 4.38. The molecule has 2 unspecified atom stereocenters. The van der Waals surface area contributed by atoms with Gasteiger partial charge in [0.25, 0.3) is 0 Å². The third kappa shape index (κ3) is 3.61. The lowest BCUT2D eigenvalue weighted by Gasteiger charge is -2.26. The van der Waals surface area contributed by atoms with Crippen LogP contribution >= 0.6 is 0 Å². The number of sulfone groups is 1. The highest BCUT2D eigenvalue weighted by Crippen LogP contribution is 2.22. The van der Waals surface area contributed by atoms with Crippen molar-refractivity contribution in [1.29, 1.82) is 0 Å². The third-order valence-electron chi connectivity index (χ3n) is 4.51. The number of benzene rings is 1. The molecule has 1 aromatic carbocycles. The van der Waals surface area contributed by atoms with Gasteiger partial charge >= 0.3 is 6.03 Å². The molecule has 22 heavy (non-hydrogen) atoms. The zero-order valence-electron chi connectivity index (χ0n) is 12.6. The van der Waals surface area contributed by atoms with Crippen LogP contribution in [0.5, 0.6) is 0 Å². The number of carbonyl (C=O) groups excluding carboxylic acids is 1. The van der Waals surface area contributed by atoms with E-state index in [0.717, 1.165) is 25.8 Å². The van der Waals surface area contributed by atoms with Crippen LogP contribution in [0, 0.1) is 0 Å². The van der Waals surface area contributed by atoms with E-state index in [1.807, 2.05) is 23.1 Å². The second-order valence-electron chi connectivity index (χ2n) is 6.23. The van der Waals surface area contributed by atoms with E-state index in [-0.39, 0.29) is 29.6 Å². The summed E-state index contributed by atoms with van der Waals surface area (Å²) >= 11 is 0. The molecule has 5 nitrogen and oxygen atoms in total. The fourth-order valence-electron chi connectivity index (χ4n) is 3.37. The molecule has 2 amide bonds. The van der Waals surface area contributed by atoms with Crippen LogP contribution in [0.1, 0.15) is 24.8 Å². The number of likely N-dealkylation sites (tertiary alicyclic amines) is 1. The number of carbonyl (C=O) groups is 1. The predicted molar refractivity (Wildman–Crippen MR) is 85.5 cm³/mol. The summed E-state index contributed by atoms with van der Waals surface area (Å²) in [6.45, 7) is 0.753. The molecule has 1 N–H and O–H groups in total. The average molecular weight is 322 g/mol. The minimum absolute atomic E-state index is 0.0793. The van der Waals surface area contributed by atoms with Gasteiger partial charge in [-0.2, -0.15) is 0 Å². The first-order valence-corrected chi connectivity index (χ1v) is 9.67. The van der Waals surface area contributed by atoms with Crippen molar-refractivity contribution in [2.45, 2.75) is 37.8 Å². The summed E-state index contributed by atoms with van der Waals surface area (Å²) in [5.74, 6) is 0.265. The van der Waals surface area contributed by atoms with Crippen LogP contribution in [0.3, 0.4) is 0 Å². The Labute approximate surface area is 131 Å². The van der Waals surface area contributed by atoms with Crippen molar-refractivity contribution in [3.05, 3.63) is 35.9 Å². The second kappa shape index (κ2) is 6.28. The topological polar surface area (TPSA) is 66.5 Å². The maximum Gasteiger partial charge on any atom is 0.317 e. The number of rotatable bonds is 3. The molecule has 0 radical (unpaired) electrons. The SMILES string of the molecule is O=C(NC1CCS(=O)(=O)C1)N1CCCC1Cc1ccccc1. The quantitative estimate of drug-likeness (QED) is 0.919. The molecule has 2 fully saturated rings. The number of urea groups is 1. The van der Waals surface area contributed by atoms with Crippen molar-refractivity contribution in [1.82, 2.24) is 10.2 Å². The van der Waals surface area contributed by atoms with Gasteiger partial charge in [0.2, 0.25) is 0 Å². The van der Waals surface area contributed by atoms with E-state index >= 15 is 0 Å². The second-order valence-corrected chi connectivity index (χ2v) is 8.46. The van der Waals surface area contributed by atoms with E-state index in [0.29, 0.717) is 6.42 Å². The van der Waals surface area contributed by atoms with Crippen molar-refractivity contribution >= 4 is 15.9 Å². The molecule has 3 rings (SSSR count). The summed E-state index contributed by atoms with van der Waals surface area (Å²) in [4.78, 5) is 14.3. The van der Waals surface area contributed by atoms with Crippen LogP contribution < -0.4 is 5.32 Å². The van der Waals surface area contributed by atoms with Crippen molar-refractivity contribution in [2.24, 2.45) is 0 Å². The molecule has 120 valence electrons. The lowest BCUT2D eigenvalue weighted by Crippen LogP contribution is -2.47. The number of nitrogens with one attached hydrogen (secondary N) is 1. The molecule has 0 spiro atoms. The van der Waals surface area contributed by atoms with E-state index in [9.17, 15) is 13.2 Å². The van der Waals surface area contributed by atoms with Crippen molar-refractivity contribution in [3.63, 3.8) is 0 Å². The highest BCUT2D eigenvalue weighted by molar-refractivity contribution is 7.91. The molecule has 1 aromatic rings. The molecule has 2 atom stereocenters. The molecule has 6 heteroatoms. The summed E-state index contributed by atoms with van der Waals surface area (Å²) in [7, 11) is -2.96. The van der Waals surface area contributed by atoms with Gasteiger partial charge in [-0.3, -0.25) is 0 Å². The first kappa shape index (κ1) is 15.3. The molecule has 0 aromatic heterocycles. The zero-order valence-corrected chi connectivity index (χ0v) is 13.4. The standard InChI is InChI=1S/C16H22N2O3S/c19-16(17-14-8-10-22(20,21)12-14)18-9-4-7-15(18)11-13-5-2-1-3-6-13/h1-3,5-6,14-15H,4,7-12H2,(H,17,19). The van der Waals surface area contributed by atoms with Crippen LogP contribution in [0.4, 0.5) is 4.79 Å². The van der Waals surface area contributed by atoms with Crippen molar-refractivity contribution in [2.75, 3.05) is 18.1 Å². The molecular weight excluding hydrogens is 300 g/mol. The summed E-state index contributed by atoms with van der Waals surface area (Å²) in [5, 5.41) is 2.90. The zero-order chi connectivity index (χ0) is 15.6. The van der Waals surface area contributed by atoms with Crippen LogP contribution in [-0.2, 0) is 16.3 Å². The van der Waals surface area contributed by atoms with Gasteiger partial charge in [-0.1, -0.05) is 30.3 Å². The maximum atomic E-state index is 12.4. The van der Waals surface area contributed by atoms with E-state index in [2.05, 4.69) is 17.4 Å². The van der Waals surface area contributed by atoms with Gasteiger partial charge in [0.15, 0.2) is 9.84 Å². The lowest BCUT2D eigenvalue weighted by molar-refractivity contribution is 0.189. The Morgan fingerprint density at radius 2 is 2.00 bits per heavy atom. The normalized spacial score (nSPS) is 27.0. The van der Waals surface area contributed by atoms with E-state index in [4.69, 9.17) is 0 Å². The molecule has 0 aliphatic carbocycles. The van der Waals surface area contributed by atoms with Crippen molar-refractivity contribution in [3.8, 4) is 0 Å². The lowest BCUT2D eigenvalue weighted by atomic mass is 10.0. The number of amides is 2. The first-order valence-electron chi connectivity index (χ1n) is 7.85. The summed E-state index contributed by atoms with van der Waals surface area (Å²) < 4.78 is 23.0. The van der Waals surface area contributed by atoms with Gasteiger partial charge in [-0.05, 0) is 31.2 Å². The number of hydrogen-bond donors (Lipinski definition) is 1. The Balaban J connectivity index is 1.59. The fraction of sp³-hybridized carbons (Fsp3) is 0.562. The van der Waals surface area contributed by atoms with E-state index in [1.165, 1.54) is 5.56 Å². The average Bonchev–Trinajstić information content (AvgIpc) is 3.06. The van der Waals surface area contributed by atoms with Gasteiger partial charge in [0.05, 0.1) is 11.5 Å². The number of hydrogen-bond acceptors (Lipinski definition) is 3. The minimum Gasteiger partial charge on any atom is -0.334 e. The molecular formula is C16H22N2O3S. The fourth-order valence-corrected chi connectivity index (χ4v) is 5.04. The number of nitrogens with zero attached hydrogens (tertiary/aromatic N) is 1. The summed E-state index contributed by atoms with van der Waals surface area (Å²) in [6.07, 6.45) is 3.40. The van der Waals surface area contributed by atoms with Crippen LogP contribution in [0.2, 0.25) is 0 Å². The van der Waals surface area contributed by atoms with Gasteiger partial charge in [0.1, 0.15) is 0 Å². The Morgan fingerprint density at radius 1 is 1.23 bits per heavy atom. The Bertz CT molecular complexity index is 630. The van der Waals surface area contributed by atoms with Gasteiger partial charge in [-0.15, -0.1) is 0 Å². The van der Waals surface area contributed by atoms with Gasteiger partial charge in [-0.25, -0.2) is 13.2 Å². The molecule has 0 bridgehead atoms. The predicted octanol–water partition coefficient (Wildman–Crippen LogP) is 1.59. The van der Waals surface area contributed by atoms with Gasteiger partial charge < -0.3 is 10.2 Å². The van der Waals surface area contributed by atoms with Gasteiger partial charge in [0, 0.05) is 18.6 Å². The van der Waals surface area contributed by atoms with Crippen LogP contribution in [-0.4, -0.2) is 49.5 Å². The monoisotopic (exact) mass is 322 g/mol. The van der Waals surface area contributed by atoms with Crippen LogP contribution in [0.15, 0.2) is 30.3 Å². The first-order chi connectivity index (χ1) is 10.5. The molecule has 2 heterocycles. The highest BCUT2D eigenvalue weighted by atomic mass is 32.2.